The summed E-state index contributed by atoms with van der Waals surface area (Å²) < 4.78 is 1.08. The molecule has 120 valence electrons. The highest BCUT2D eigenvalue weighted by molar-refractivity contribution is 14.1. The maximum absolute atomic E-state index is 12.3. The SMILES string of the molecule is CC(C)NC(=O)C1(C)CC(c2ccc3ncc(I)cc3c2)=NO1. The van der Waals surface area contributed by atoms with Crippen LogP contribution in [-0.2, 0) is 9.63 Å². The first-order valence-corrected chi connectivity index (χ1v) is 8.57. The average molecular weight is 423 g/mol. The number of rotatable bonds is 3. The minimum Gasteiger partial charge on any atom is -0.379 e. The highest BCUT2D eigenvalue weighted by Gasteiger charge is 2.42. The molecule has 3 rings (SSSR count). The summed E-state index contributed by atoms with van der Waals surface area (Å²) in [6.45, 7) is 5.62. The third-order valence-electron chi connectivity index (χ3n) is 3.74. The molecule has 0 saturated heterocycles. The van der Waals surface area contributed by atoms with Crippen LogP contribution in [0.25, 0.3) is 10.9 Å². The molecule has 2 heterocycles. The van der Waals surface area contributed by atoms with Gasteiger partial charge in [-0.05, 0) is 61.6 Å². The van der Waals surface area contributed by atoms with E-state index < -0.39 is 5.60 Å². The van der Waals surface area contributed by atoms with Crippen molar-refractivity contribution in [2.45, 2.75) is 38.8 Å². The molecular weight excluding hydrogens is 405 g/mol. The molecule has 1 atom stereocenters. The van der Waals surface area contributed by atoms with Crippen molar-refractivity contribution in [1.82, 2.24) is 10.3 Å². The van der Waals surface area contributed by atoms with Gasteiger partial charge >= 0.3 is 0 Å². The molecule has 0 saturated carbocycles. The fraction of sp³-hybridized carbons (Fsp3) is 0.353. The van der Waals surface area contributed by atoms with Crippen LogP contribution < -0.4 is 5.32 Å². The van der Waals surface area contributed by atoms with Gasteiger partial charge in [0.1, 0.15) is 0 Å². The lowest BCUT2D eigenvalue weighted by molar-refractivity contribution is -0.142. The van der Waals surface area contributed by atoms with E-state index in [2.05, 4.69) is 44.1 Å². The van der Waals surface area contributed by atoms with Crippen LogP contribution >= 0.6 is 22.6 Å². The Bertz CT molecular complexity index is 804. The van der Waals surface area contributed by atoms with Gasteiger partial charge in [-0.2, -0.15) is 0 Å². The van der Waals surface area contributed by atoms with Crippen LogP contribution in [0.5, 0.6) is 0 Å². The Morgan fingerprint density at radius 3 is 2.91 bits per heavy atom. The molecule has 0 spiro atoms. The Kier molecular flexibility index (Phi) is 4.27. The number of aromatic nitrogens is 1. The summed E-state index contributed by atoms with van der Waals surface area (Å²) in [7, 11) is 0. The smallest absolute Gasteiger partial charge is 0.267 e. The number of oxime groups is 1. The third kappa shape index (κ3) is 3.31. The average Bonchev–Trinajstić information content (AvgIpc) is 2.90. The van der Waals surface area contributed by atoms with Crippen molar-refractivity contribution in [3.8, 4) is 0 Å². The second kappa shape index (κ2) is 6.07. The van der Waals surface area contributed by atoms with Gasteiger partial charge in [0, 0.05) is 33.2 Å². The number of carbonyl (C=O) groups excluding carboxylic acids is 1. The molecule has 6 heteroatoms. The van der Waals surface area contributed by atoms with E-state index in [1.165, 1.54) is 0 Å². The summed E-state index contributed by atoms with van der Waals surface area (Å²) in [5, 5.41) is 8.09. The van der Waals surface area contributed by atoms with Crippen molar-refractivity contribution >= 4 is 45.1 Å². The number of amides is 1. The second-order valence-electron chi connectivity index (χ2n) is 6.23. The summed E-state index contributed by atoms with van der Waals surface area (Å²) in [4.78, 5) is 22.2. The normalized spacial score (nSPS) is 20.5. The molecule has 1 amide bonds. The maximum Gasteiger partial charge on any atom is 0.267 e. The van der Waals surface area contributed by atoms with Crippen molar-refractivity contribution in [3.63, 3.8) is 0 Å². The largest absolute Gasteiger partial charge is 0.379 e. The van der Waals surface area contributed by atoms with E-state index in [4.69, 9.17) is 4.84 Å². The predicted molar refractivity (Wildman–Crippen MR) is 98.4 cm³/mol. The van der Waals surface area contributed by atoms with Gasteiger partial charge in [0.05, 0.1) is 11.2 Å². The van der Waals surface area contributed by atoms with Gasteiger partial charge in [-0.1, -0.05) is 11.2 Å². The van der Waals surface area contributed by atoms with Crippen LogP contribution in [-0.4, -0.2) is 28.2 Å². The Hall–Kier alpha value is -1.70. The maximum atomic E-state index is 12.3. The number of nitrogens with one attached hydrogen (secondary N) is 1. The molecule has 1 unspecified atom stereocenters. The van der Waals surface area contributed by atoms with Crippen molar-refractivity contribution in [2.24, 2.45) is 5.16 Å². The zero-order valence-electron chi connectivity index (χ0n) is 13.3. The van der Waals surface area contributed by atoms with Crippen LogP contribution in [0.2, 0.25) is 0 Å². The first-order chi connectivity index (χ1) is 10.9. The van der Waals surface area contributed by atoms with E-state index in [1.807, 2.05) is 38.2 Å². The lowest BCUT2D eigenvalue weighted by atomic mass is 9.94. The van der Waals surface area contributed by atoms with Gasteiger partial charge in [-0.15, -0.1) is 0 Å². The summed E-state index contributed by atoms with van der Waals surface area (Å²) in [6, 6.07) is 8.12. The minimum absolute atomic E-state index is 0.0702. The first-order valence-electron chi connectivity index (χ1n) is 7.49. The molecule has 0 radical (unpaired) electrons. The van der Waals surface area contributed by atoms with E-state index in [-0.39, 0.29) is 11.9 Å². The van der Waals surface area contributed by atoms with E-state index in [1.54, 1.807) is 6.92 Å². The highest BCUT2D eigenvalue weighted by Crippen LogP contribution is 2.28. The molecular formula is C17H18IN3O2. The van der Waals surface area contributed by atoms with Gasteiger partial charge in [0.15, 0.2) is 0 Å². The van der Waals surface area contributed by atoms with Crippen LogP contribution in [0, 0.1) is 3.57 Å². The molecule has 0 fully saturated rings. The number of benzene rings is 1. The summed E-state index contributed by atoms with van der Waals surface area (Å²) in [5.74, 6) is -0.136. The molecule has 0 aliphatic carbocycles. The fourth-order valence-electron chi connectivity index (χ4n) is 2.52. The standard InChI is InChI=1S/C17H18IN3O2/c1-10(2)20-16(22)17(3)8-15(21-23-17)11-4-5-14-12(6-11)7-13(18)9-19-14/h4-7,9-10H,8H2,1-3H3,(H,20,22). The predicted octanol–water partition coefficient (Wildman–Crippen LogP) is 3.25. The second-order valence-corrected chi connectivity index (χ2v) is 7.47. The first kappa shape index (κ1) is 16.2. The van der Waals surface area contributed by atoms with E-state index in [9.17, 15) is 4.79 Å². The molecule has 2 aromatic rings. The van der Waals surface area contributed by atoms with Crippen molar-refractivity contribution < 1.29 is 9.63 Å². The molecule has 1 aromatic carbocycles. The van der Waals surface area contributed by atoms with Crippen molar-refractivity contribution in [1.29, 1.82) is 0 Å². The third-order valence-corrected chi connectivity index (χ3v) is 4.33. The molecule has 0 bridgehead atoms. The van der Waals surface area contributed by atoms with Gasteiger partial charge in [-0.25, -0.2) is 0 Å². The van der Waals surface area contributed by atoms with Gasteiger partial charge in [0.2, 0.25) is 5.60 Å². The van der Waals surface area contributed by atoms with Gasteiger partial charge < -0.3 is 10.2 Å². The molecule has 1 aliphatic heterocycles. The topological polar surface area (TPSA) is 63.6 Å². The van der Waals surface area contributed by atoms with Gasteiger partial charge in [0.25, 0.3) is 5.91 Å². The number of pyridine rings is 1. The number of fused-ring (bicyclic) bond motifs is 1. The van der Waals surface area contributed by atoms with Crippen molar-refractivity contribution in [2.75, 3.05) is 0 Å². The lowest BCUT2D eigenvalue weighted by Gasteiger charge is -2.21. The summed E-state index contributed by atoms with van der Waals surface area (Å²) in [5.41, 5.74) is 1.74. The zero-order chi connectivity index (χ0) is 16.6. The van der Waals surface area contributed by atoms with Crippen LogP contribution in [0.3, 0.4) is 0 Å². The quantitative estimate of drug-likeness (QED) is 0.772. The highest BCUT2D eigenvalue weighted by atomic mass is 127. The minimum atomic E-state index is -0.947. The monoisotopic (exact) mass is 423 g/mol. The number of carbonyl (C=O) groups is 1. The zero-order valence-corrected chi connectivity index (χ0v) is 15.4. The Morgan fingerprint density at radius 1 is 1.39 bits per heavy atom. The summed E-state index contributed by atoms with van der Waals surface area (Å²) in [6.07, 6.45) is 2.29. The van der Waals surface area contributed by atoms with Crippen LogP contribution in [0.15, 0.2) is 35.6 Å². The molecule has 1 aromatic heterocycles. The molecule has 1 N–H and O–H groups in total. The van der Waals surface area contributed by atoms with E-state index >= 15 is 0 Å². The number of nitrogens with zero attached hydrogens (tertiary/aromatic N) is 2. The number of hydrogen-bond acceptors (Lipinski definition) is 4. The molecule has 23 heavy (non-hydrogen) atoms. The van der Waals surface area contributed by atoms with Crippen LogP contribution in [0.1, 0.15) is 32.8 Å². The fourth-order valence-corrected chi connectivity index (χ4v) is 2.99. The van der Waals surface area contributed by atoms with E-state index in [0.29, 0.717) is 6.42 Å². The molecule has 1 aliphatic rings. The molecule has 5 nitrogen and oxygen atoms in total. The Balaban J connectivity index is 1.85. The van der Waals surface area contributed by atoms with E-state index in [0.717, 1.165) is 25.7 Å². The van der Waals surface area contributed by atoms with Crippen molar-refractivity contribution in [3.05, 3.63) is 39.6 Å². The Labute approximate surface area is 148 Å². The number of halogens is 1. The lowest BCUT2D eigenvalue weighted by Crippen LogP contribution is -2.47. The number of hydrogen-bond donors (Lipinski definition) is 1. The van der Waals surface area contributed by atoms with Gasteiger partial charge in [-0.3, -0.25) is 9.78 Å². The Morgan fingerprint density at radius 2 is 2.17 bits per heavy atom. The van der Waals surface area contributed by atoms with Crippen LogP contribution in [0.4, 0.5) is 0 Å². The summed E-state index contributed by atoms with van der Waals surface area (Å²) >= 11 is 2.24.